The van der Waals surface area contributed by atoms with Gasteiger partial charge in [-0.05, 0) is 24.5 Å². The summed E-state index contributed by atoms with van der Waals surface area (Å²) in [6, 6.07) is 6.22. The van der Waals surface area contributed by atoms with Gasteiger partial charge in [-0.3, -0.25) is 9.82 Å². The number of H-pyrrole nitrogens is 1. The Labute approximate surface area is 129 Å². The molecule has 0 fully saturated rings. The van der Waals surface area contributed by atoms with E-state index in [2.05, 4.69) is 33.8 Å². The third-order valence-corrected chi connectivity index (χ3v) is 4.59. The summed E-state index contributed by atoms with van der Waals surface area (Å²) < 4.78 is 26.8. The van der Waals surface area contributed by atoms with Crippen LogP contribution in [0.15, 0.2) is 29.3 Å². The van der Waals surface area contributed by atoms with E-state index in [4.69, 9.17) is 5.26 Å². The summed E-state index contributed by atoms with van der Waals surface area (Å²) in [5.41, 5.74) is 1.05. The standard InChI is InChI=1S/C14H17N5O2S/c1-3-4-10(2)13-7-14(18-17-13)19-22(20,21)12-6-5-11(8-15)16-9-12/h5-7,9-10H,3-4H2,1-2H3,(H2,17,18,19). The summed E-state index contributed by atoms with van der Waals surface area (Å²) in [5.74, 6) is 0.523. The lowest BCUT2D eigenvalue weighted by atomic mass is 10.0. The van der Waals surface area contributed by atoms with Gasteiger partial charge in [0, 0.05) is 18.0 Å². The molecule has 0 aromatic carbocycles. The van der Waals surface area contributed by atoms with Crippen molar-refractivity contribution in [3.8, 4) is 6.07 Å². The van der Waals surface area contributed by atoms with Gasteiger partial charge in [0.05, 0.1) is 0 Å². The first-order chi connectivity index (χ1) is 10.5. The molecule has 0 spiro atoms. The lowest BCUT2D eigenvalue weighted by molar-refractivity contribution is 0.600. The molecule has 2 N–H and O–H groups in total. The van der Waals surface area contributed by atoms with Gasteiger partial charge in [0.25, 0.3) is 10.0 Å². The molecule has 2 rings (SSSR count). The van der Waals surface area contributed by atoms with E-state index < -0.39 is 10.0 Å². The predicted octanol–water partition coefficient (Wildman–Crippen LogP) is 2.38. The van der Waals surface area contributed by atoms with Crippen molar-refractivity contribution in [1.82, 2.24) is 15.2 Å². The average Bonchev–Trinajstić information content (AvgIpc) is 2.95. The summed E-state index contributed by atoms with van der Waals surface area (Å²) in [5, 5.41) is 15.5. The van der Waals surface area contributed by atoms with Crippen molar-refractivity contribution >= 4 is 15.8 Å². The van der Waals surface area contributed by atoms with E-state index in [-0.39, 0.29) is 22.3 Å². The third-order valence-electron chi connectivity index (χ3n) is 3.25. The van der Waals surface area contributed by atoms with E-state index in [1.807, 2.05) is 6.07 Å². The Morgan fingerprint density at radius 1 is 1.45 bits per heavy atom. The third kappa shape index (κ3) is 3.62. The molecule has 8 heteroatoms. The molecule has 2 heterocycles. The van der Waals surface area contributed by atoms with Crippen LogP contribution in [0.25, 0.3) is 0 Å². The maximum atomic E-state index is 12.2. The fourth-order valence-electron chi connectivity index (χ4n) is 2.03. The molecule has 0 radical (unpaired) electrons. The molecule has 0 aliphatic heterocycles. The van der Waals surface area contributed by atoms with E-state index in [0.29, 0.717) is 0 Å². The highest BCUT2D eigenvalue weighted by molar-refractivity contribution is 7.92. The van der Waals surface area contributed by atoms with Gasteiger partial charge in [-0.2, -0.15) is 10.4 Å². The smallest absolute Gasteiger partial charge is 0.264 e. The monoisotopic (exact) mass is 319 g/mol. The zero-order valence-corrected chi connectivity index (χ0v) is 13.2. The molecule has 2 aromatic heterocycles. The number of nitrogens with zero attached hydrogens (tertiary/aromatic N) is 3. The number of hydrogen-bond donors (Lipinski definition) is 2. The number of aromatic amines is 1. The molecule has 0 aliphatic carbocycles. The van der Waals surface area contributed by atoms with Crippen LogP contribution < -0.4 is 4.72 Å². The Balaban J connectivity index is 2.16. The van der Waals surface area contributed by atoms with Crippen molar-refractivity contribution < 1.29 is 8.42 Å². The molecular weight excluding hydrogens is 302 g/mol. The molecule has 1 atom stereocenters. The minimum Gasteiger partial charge on any atom is -0.280 e. The van der Waals surface area contributed by atoms with Gasteiger partial charge in [-0.15, -0.1) is 0 Å². The molecule has 0 aliphatic rings. The van der Waals surface area contributed by atoms with Gasteiger partial charge in [-0.1, -0.05) is 20.3 Å². The molecule has 1 unspecified atom stereocenters. The lowest BCUT2D eigenvalue weighted by Crippen LogP contribution is -2.13. The molecule has 116 valence electrons. The zero-order chi connectivity index (χ0) is 16.2. The molecule has 22 heavy (non-hydrogen) atoms. The lowest BCUT2D eigenvalue weighted by Gasteiger charge is -2.06. The highest BCUT2D eigenvalue weighted by atomic mass is 32.2. The van der Waals surface area contributed by atoms with Crippen molar-refractivity contribution in [3.63, 3.8) is 0 Å². The maximum absolute atomic E-state index is 12.2. The van der Waals surface area contributed by atoms with Crippen LogP contribution in [0.2, 0.25) is 0 Å². The highest BCUT2D eigenvalue weighted by Crippen LogP contribution is 2.22. The second-order valence-corrected chi connectivity index (χ2v) is 6.68. The van der Waals surface area contributed by atoms with E-state index >= 15 is 0 Å². The first-order valence-corrected chi connectivity index (χ1v) is 8.39. The van der Waals surface area contributed by atoms with Gasteiger partial charge in [0.1, 0.15) is 16.7 Å². The van der Waals surface area contributed by atoms with Crippen molar-refractivity contribution in [2.24, 2.45) is 0 Å². The molecule has 0 bridgehead atoms. The maximum Gasteiger partial charge on any atom is 0.264 e. The van der Waals surface area contributed by atoms with Gasteiger partial charge < -0.3 is 0 Å². The number of rotatable bonds is 6. The van der Waals surface area contributed by atoms with Crippen LogP contribution in [-0.2, 0) is 10.0 Å². The first-order valence-electron chi connectivity index (χ1n) is 6.90. The van der Waals surface area contributed by atoms with Crippen LogP contribution in [-0.4, -0.2) is 23.6 Å². The molecule has 0 amide bonds. The minimum absolute atomic E-state index is 0.0161. The summed E-state index contributed by atoms with van der Waals surface area (Å²) in [4.78, 5) is 3.74. The number of aromatic nitrogens is 3. The summed E-state index contributed by atoms with van der Waals surface area (Å²) >= 11 is 0. The normalized spacial score (nSPS) is 12.6. The average molecular weight is 319 g/mol. The Kier molecular flexibility index (Phi) is 4.78. The van der Waals surface area contributed by atoms with Crippen LogP contribution in [0.3, 0.4) is 0 Å². The van der Waals surface area contributed by atoms with Gasteiger partial charge in [-0.25, -0.2) is 13.4 Å². The van der Waals surface area contributed by atoms with Crippen molar-refractivity contribution in [2.45, 2.75) is 37.5 Å². The summed E-state index contributed by atoms with van der Waals surface area (Å²) in [6.45, 7) is 4.15. The zero-order valence-electron chi connectivity index (χ0n) is 12.4. The Morgan fingerprint density at radius 2 is 2.23 bits per heavy atom. The highest BCUT2D eigenvalue weighted by Gasteiger charge is 2.17. The van der Waals surface area contributed by atoms with Crippen molar-refractivity contribution in [2.75, 3.05) is 4.72 Å². The van der Waals surface area contributed by atoms with Crippen LogP contribution in [0.1, 0.15) is 44.0 Å². The first kappa shape index (κ1) is 16.0. The SMILES string of the molecule is CCCC(C)c1cc(NS(=O)(=O)c2ccc(C#N)nc2)n[nH]1. The van der Waals surface area contributed by atoms with Crippen LogP contribution in [0.4, 0.5) is 5.82 Å². The minimum atomic E-state index is -3.77. The van der Waals surface area contributed by atoms with Crippen molar-refractivity contribution in [3.05, 3.63) is 35.8 Å². The fourth-order valence-corrected chi connectivity index (χ4v) is 2.97. The summed E-state index contributed by atoms with van der Waals surface area (Å²) in [6.07, 6.45) is 3.18. The molecule has 0 saturated heterocycles. The number of pyridine rings is 1. The Morgan fingerprint density at radius 3 is 2.82 bits per heavy atom. The van der Waals surface area contributed by atoms with Crippen LogP contribution >= 0.6 is 0 Å². The molecular formula is C14H17N5O2S. The van der Waals surface area contributed by atoms with Crippen LogP contribution in [0, 0.1) is 11.3 Å². The van der Waals surface area contributed by atoms with Gasteiger partial charge >= 0.3 is 0 Å². The van der Waals surface area contributed by atoms with E-state index in [1.54, 1.807) is 6.07 Å². The number of anilines is 1. The van der Waals surface area contributed by atoms with E-state index in [9.17, 15) is 8.42 Å². The number of nitriles is 1. The molecule has 2 aromatic rings. The van der Waals surface area contributed by atoms with Gasteiger partial charge in [0.2, 0.25) is 0 Å². The largest absolute Gasteiger partial charge is 0.280 e. The van der Waals surface area contributed by atoms with Crippen LogP contribution in [0.5, 0.6) is 0 Å². The Bertz CT molecular complexity index is 774. The quantitative estimate of drug-likeness (QED) is 0.849. The fraction of sp³-hybridized carbons (Fsp3) is 0.357. The number of nitrogens with one attached hydrogen (secondary N) is 2. The van der Waals surface area contributed by atoms with Crippen molar-refractivity contribution in [1.29, 1.82) is 5.26 Å². The summed E-state index contributed by atoms with van der Waals surface area (Å²) in [7, 11) is -3.77. The second-order valence-electron chi connectivity index (χ2n) is 4.99. The number of sulfonamides is 1. The van der Waals surface area contributed by atoms with E-state index in [1.165, 1.54) is 12.1 Å². The Hall–Kier alpha value is -2.40. The van der Waals surface area contributed by atoms with Gasteiger partial charge in [0.15, 0.2) is 5.82 Å². The second kappa shape index (κ2) is 6.58. The molecule has 7 nitrogen and oxygen atoms in total. The van der Waals surface area contributed by atoms with E-state index in [0.717, 1.165) is 24.7 Å². The number of hydrogen-bond acceptors (Lipinski definition) is 5. The molecule has 0 saturated carbocycles. The topological polar surface area (TPSA) is 112 Å². The predicted molar refractivity (Wildman–Crippen MR) is 81.7 cm³/mol.